The van der Waals surface area contributed by atoms with Gasteiger partial charge in [0, 0.05) is 16.1 Å². The molecule has 0 saturated carbocycles. The minimum Gasteiger partial charge on any atom is -0.326 e. The van der Waals surface area contributed by atoms with Crippen LogP contribution in [0.1, 0.15) is 50.0 Å². The predicted octanol–water partition coefficient (Wildman–Crippen LogP) is 4.99. The van der Waals surface area contributed by atoms with Gasteiger partial charge in [-0.1, -0.05) is 23.8 Å². The Hall–Kier alpha value is -2.99. The van der Waals surface area contributed by atoms with E-state index in [2.05, 4.69) is 15.6 Å². The highest BCUT2D eigenvalue weighted by Crippen LogP contribution is 2.39. The van der Waals surface area contributed by atoms with Crippen LogP contribution in [0.3, 0.4) is 0 Å². The standard InChI is InChI=1S/C23H23N3O2S/c1-13-4-7-16(8-5-13)21(27)26-23-25-20-18(10-11-19(20)29-23)22(28)24-17-9-6-14(2)15(3)12-17/h4-9,12,18H,10-11H2,1-3H3,(H,24,28)(H,25,26,27). The van der Waals surface area contributed by atoms with E-state index in [4.69, 9.17) is 0 Å². The number of hydrogen-bond donors (Lipinski definition) is 2. The zero-order chi connectivity index (χ0) is 20.5. The number of nitrogens with zero attached hydrogens (tertiary/aromatic N) is 1. The van der Waals surface area contributed by atoms with E-state index in [0.717, 1.165) is 40.2 Å². The Kier molecular flexibility index (Phi) is 5.20. The molecular formula is C23H23N3O2S. The van der Waals surface area contributed by atoms with Crippen LogP contribution in [0.25, 0.3) is 0 Å². The quantitative estimate of drug-likeness (QED) is 0.642. The van der Waals surface area contributed by atoms with Gasteiger partial charge in [0.15, 0.2) is 5.13 Å². The van der Waals surface area contributed by atoms with Crippen molar-refractivity contribution in [1.82, 2.24) is 4.98 Å². The average Bonchev–Trinajstić information content (AvgIpc) is 3.25. The van der Waals surface area contributed by atoms with Gasteiger partial charge in [0.1, 0.15) is 0 Å². The molecule has 29 heavy (non-hydrogen) atoms. The fraction of sp³-hybridized carbons (Fsp3) is 0.261. The van der Waals surface area contributed by atoms with Crippen molar-refractivity contribution >= 4 is 34.0 Å². The molecule has 1 aliphatic carbocycles. The normalized spacial score (nSPS) is 15.1. The van der Waals surface area contributed by atoms with Crippen molar-refractivity contribution in [2.24, 2.45) is 0 Å². The van der Waals surface area contributed by atoms with Gasteiger partial charge in [-0.3, -0.25) is 14.9 Å². The molecule has 1 aliphatic rings. The van der Waals surface area contributed by atoms with Gasteiger partial charge >= 0.3 is 0 Å². The zero-order valence-electron chi connectivity index (χ0n) is 16.7. The van der Waals surface area contributed by atoms with Gasteiger partial charge in [-0.05, 0) is 69.0 Å². The molecule has 0 aliphatic heterocycles. The van der Waals surface area contributed by atoms with Gasteiger partial charge in [-0.25, -0.2) is 4.98 Å². The third kappa shape index (κ3) is 4.07. The van der Waals surface area contributed by atoms with Gasteiger partial charge in [0.25, 0.3) is 5.91 Å². The predicted molar refractivity (Wildman–Crippen MR) is 117 cm³/mol. The summed E-state index contributed by atoms with van der Waals surface area (Å²) in [6.07, 6.45) is 1.55. The summed E-state index contributed by atoms with van der Waals surface area (Å²) in [4.78, 5) is 30.9. The van der Waals surface area contributed by atoms with Crippen molar-refractivity contribution in [3.05, 3.63) is 75.3 Å². The second kappa shape index (κ2) is 7.79. The minimum atomic E-state index is -0.284. The van der Waals surface area contributed by atoms with Gasteiger partial charge in [0.05, 0.1) is 11.6 Å². The summed E-state index contributed by atoms with van der Waals surface area (Å²) >= 11 is 1.46. The molecule has 2 N–H and O–H groups in total. The molecule has 0 fully saturated rings. The summed E-state index contributed by atoms with van der Waals surface area (Å²) in [6.45, 7) is 6.06. The number of aromatic nitrogens is 1. The number of thiazole rings is 1. The van der Waals surface area contributed by atoms with E-state index >= 15 is 0 Å². The number of aryl methyl sites for hydroxylation is 4. The molecule has 2 amide bonds. The topological polar surface area (TPSA) is 71.1 Å². The molecule has 0 radical (unpaired) electrons. The molecule has 0 saturated heterocycles. The molecule has 2 aromatic carbocycles. The number of rotatable bonds is 4. The lowest BCUT2D eigenvalue weighted by molar-refractivity contribution is -0.117. The van der Waals surface area contributed by atoms with Crippen molar-refractivity contribution < 1.29 is 9.59 Å². The Morgan fingerprint density at radius 2 is 1.76 bits per heavy atom. The van der Waals surface area contributed by atoms with Crippen molar-refractivity contribution in [3.63, 3.8) is 0 Å². The first-order valence-corrected chi connectivity index (χ1v) is 10.5. The van der Waals surface area contributed by atoms with Crippen LogP contribution in [-0.4, -0.2) is 16.8 Å². The second-order valence-corrected chi connectivity index (χ2v) is 8.61. The van der Waals surface area contributed by atoms with Crippen LogP contribution in [0.15, 0.2) is 42.5 Å². The first-order valence-electron chi connectivity index (χ1n) is 9.66. The molecule has 6 heteroatoms. The number of nitrogens with one attached hydrogen (secondary N) is 2. The maximum Gasteiger partial charge on any atom is 0.257 e. The van der Waals surface area contributed by atoms with E-state index in [1.807, 2.05) is 51.1 Å². The molecule has 1 heterocycles. The molecule has 1 aromatic heterocycles. The Balaban J connectivity index is 1.46. The third-order valence-electron chi connectivity index (χ3n) is 5.34. The van der Waals surface area contributed by atoms with Crippen LogP contribution in [0.2, 0.25) is 0 Å². The lowest BCUT2D eigenvalue weighted by Crippen LogP contribution is -2.20. The van der Waals surface area contributed by atoms with E-state index < -0.39 is 0 Å². The summed E-state index contributed by atoms with van der Waals surface area (Å²) < 4.78 is 0. The van der Waals surface area contributed by atoms with Crippen LogP contribution in [0, 0.1) is 20.8 Å². The van der Waals surface area contributed by atoms with Gasteiger partial charge in [-0.15, -0.1) is 11.3 Å². The SMILES string of the molecule is Cc1ccc(C(=O)Nc2nc3c(s2)CCC3C(=O)Nc2ccc(C)c(C)c2)cc1. The zero-order valence-corrected chi connectivity index (χ0v) is 17.5. The summed E-state index contributed by atoms with van der Waals surface area (Å²) in [6, 6.07) is 13.3. The van der Waals surface area contributed by atoms with Crippen LogP contribution in [0.4, 0.5) is 10.8 Å². The van der Waals surface area contributed by atoms with Crippen LogP contribution >= 0.6 is 11.3 Å². The summed E-state index contributed by atoms with van der Waals surface area (Å²) in [5, 5.41) is 6.42. The lowest BCUT2D eigenvalue weighted by atomic mass is 10.1. The average molecular weight is 406 g/mol. The fourth-order valence-electron chi connectivity index (χ4n) is 3.46. The maximum atomic E-state index is 12.8. The smallest absolute Gasteiger partial charge is 0.257 e. The van der Waals surface area contributed by atoms with E-state index in [0.29, 0.717) is 10.7 Å². The number of anilines is 2. The number of benzene rings is 2. The molecule has 1 atom stereocenters. The molecule has 0 bridgehead atoms. The molecule has 4 rings (SSSR count). The number of hydrogen-bond acceptors (Lipinski definition) is 4. The molecule has 148 valence electrons. The van der Waals surface area contributed by atoms with Crippen molar-refractivity contribution in [1.29, 1.82) is 0 Å². The van der Waals surface area contributed by atoms with Crippen molar-refractivity contribution in [2.45, 2.75) is 39.5 Å². The monoisotopic (exact) mass is 405 g/mol. The van der Waals surface area contributed by atoms with Gasteiger partial charge < -0.3 is 5.32 Å². The fourth-order valence-corrected chi connectivity index (χ4v) is 4.49. The van der Waals surface area contributed by atoms with Crippen molar-refractivity contribution in [3.8, 4) is 0 Å². The maximum absolute atomic E-state index is 12.8. The second-order valence-electron chi connectivity index (χ2n) is 7.53. The molecule has 3 aromatic rings. The first kappa shape index (κ1) is 19.3. The van der Waals surface area contributed by atoms with Crippen LogP contribution in [-0.2, 0) is 11.2 Å². The van der Waals surface area contributed by atoms with Crippen LogP contribution < -0.4 is 10.6 Å². The Morgan fingerprint density at radius 3 is 2.48 bits per heavy atom. The van der Waals surface area contributed by atoms with E-state index in [9.17, 15) is 9.59 Å². The Labute approximate surface area is 174 Å². The number of carbonyl (C=O) groups excluding carboxylic acids is 2. The minimum absolute atomic E-state index is 0.0475. The van der Waals surface area contributed by atoms with Gasteiger partial charge in [-0.2, -0.15) is 0 Å². The molecule has 1 unspecified atom stereocenters. The first-order chi connectivity index (χ1) is 13.9. The number of fused-ring (bicyclic) bond motifs is 1. The molecular weight excluding hydrogens is 382 g/mol. The lowest BCUT2D eigenvalue weighted by Gasteiger charge is -2.12. The number of carbonyl (C=O) groups is 2. The Morgan fingerprint density at radius 1 is 1.00 bits per heavy atom. The largest absolute Gasteiger partial charge is 0.326 e. The summed E-state index contributed by atoms with van der Waals surface area (Å²) in [7, 11) is 0. The van der Waals surface area contributed by atoms with E-state index in [1.54, 1.807) is 12.1 Å². The van der Waals surface area contributed by atoms with E-state index in [-0.39, 0.29) is 17.7 Å². The number of amides is 2. The third-order valence-corrected chi connectivity index (χ3v) is 6.39. The summed E-state index contributed by atoms with van der Waals surface area (Å²) in [5.41, 5.74) is 5.62. The van der Waals surface area contributed by atoms with Crippen molar-refractivity contribution in [2.75, 3.05) is 10.6 Å². The summed E-state index contributed by atoms with van der Waals surface area (Å²) in [5.74, 6) is -0.518. The highest BCUT2D eigenvalue weighted by Gasteiger charge is 2.33. The highest BCUT2D eigenvalue weighted by atomic mass is 32.1. The molecule has 5 nitrogen and oxygen atoms in total. The van der Waals surface area contributed by atoms with E-state index in [1.165, 1.54) is 16.9 Å². The Bertz CT molecular complexity index is 1090. The van der Waals surface area contributed by atoms with Crippen LogP contribution in [0.5, 0.6) is 0 Å². The highest BCUT2D eigenvalue weighted by molar-refractivity contribution is 7.16. The van der Waals surface area contributed by atoms with Gasteiger partial charge in [0.2, 0.25) is 5.91 Å². The molecule has 0 spiro atoms.